The fourth-order valence-corrected chi connectivity index (χ4v) is 2.64. The quantitative estimate of drug-likeness (QED) is 0.850. The standard InChI is InChI=1S/C19H18N2O4/c1-25-16-4-2-3-14(11-16)19(24)20-15-7-5-13(6-8-15)12-21-17(22)9-10-18(21)23/h2-8,11H,9-10,12H2,1H3,(H,20,24). The van der Waals surface area contributed by atoms with E-state index in [2.05, 4.69) is 5.32 Å². The van der Waals surface area contributed by atoms with E-state index in [0.717, 1.165) is 5.56 Å². The molecule has 1 saturated heterocycles. The van der Waals surface area contributed by atoms with Crippen LogP contribution in [0.15, 0.2) is 48.5 Å². The Balaban J connectivity index is 1.65. The Hall–Kier alpha value is -3.15. The maximum absolute atomic E-state index is 12.3. The van der Waals surface area contributed by atoms with Gasteiger partial charge in [-0.15, -0.1) is 0 Å². The summed E-state index contributed by atoms with van der Waals surface area (Å²) in [5, 5.41) is 2.81. The van der Waals surface area contributed by atoms with Gasteiger partial charge in [0.25, 0.3) is 5.91 Å². The van der Waals surface area contributed by atoms with Gasteiger partial charge < -0.3 is 10.1 Å². The first-order chi connectivity index (χ1) is 12.1. The van der Waals surface area contributed by atoms with Crippen LogP contribution in [-0.4, -0.2) is 29.7 Å². The Morgan fingerprint density at radius 1 is 1.08 bits per heavy atom. The van der Waals surface area contributed by atoms with E-state index in [1.54, 1.807) is 55.6 Å². The molecule has 1 aliphatic heterocycles. The first kappa shape index (κ1) is 16.7. The molecule has 128 valence electrons. The minimum atomic E-state index is -0.239. The Kier molecular flexibility index (Phi) is 4.79. The van der Waals surface area contributed by atoms with Crippen LogP contribution in [0.3, 0.4) is 0 Å². The third kappa shape index (κ3) is 3.85. The number of ether oxygens (including phenoxy) is 1. The molecular weight excluding hydrogens is 320 g/mol. The van der Waals surface area contributed by atoms with Gasteiger partial charge in [0, 0.05) is 24.1 Å². The Bertz CT molecular complexity index is 798. The molecule has 0 saturated carbocycles. The number of nitrogens with zero attached hydrogens (tertiary/aromatic N) is 1. The molecule has 0 radical (unpaired) electrons. The molecule has 2 aromatic carbocycles. The second kappa shape index (κ2) is 7.17. The number of carbonyl (C=O) groups excluding carboxylic acids is 3. The van der Waals surface area contributed by atoms with Crippen molar-refractivity contribution in [2.45, 2.75) is 19.4 Å². The topological polar surface area (TPSA) is 75.7 Å². The normalized spacial score (nSPS) is 13.9. The van der Waals surface area contributed by atoms with Crippen molar-refractivity contribution in [1.82, 2.24) is 4.90 Å². The van der Waals surface area contributed by atoms with Crippen molar-refractivity contribution in [3.05, 3.63) is 59.7 Å². The molecule has 1 fully saturated rings. The van der Waals surface area contributed by atoms with Crippen LogP contribution in [0.1, 0.15) is 28.8 Å². The fourth-order valence-electron chi connectivity index (χ4n) is 2.64. The molecule has 3 amide bonds. The second-order valence-corrected chi connectivity index (χ2v) is 5.76. The van der Waals surface area contributed by atoms with E-state index >= 15 is 0 Å². The zero-order chi connectivity index (χ0) is 17.8. The van der Waals surface area contributed by atoms with Crippen molar-refractivity contribution in [2.75, 3.05) is 12.4 Å². The van der Waals surface area contributed by atoms with E-state index in [1.807, 2.05) is 0 Å². The molecule has 2 aromatic rings. The molecule has 1 N–H and O–H groups in total. The number of benzene rings is 2. The molecule has 0 bridgehead atoms. The van der Waals surface area contributed by atoms with Gasteiger partial charge in [-0.1, -0.05) is 18.2 Å². The largest absolute Gasteiger partial charge is 0.497 e. The number of rotatable bonds is 5. The monoisotopic (exact) mass is 338 g/mol. The van der Waals surface area contributed by atoms with Gasteiger partial charge in [-0.2, -0.15) is 0 Å². The van der Waals surface area contributed by atoms with Crippen LogP contribution in [-0.2, 0) is 16.1 Å². The number of amides is 3. The van der Waals surface area contributed by atoms with E-state index in [4.69, 9.17) is 4.74 Å². The SMILES string of the molecule is COc1cccc(C(=O)Nc2ccc(CN3C(=O)CCC3=O)cc2)c1. The Labute approximate surface area is 145 Å². The molecule has 0 unspecified atom stereocenters. The van der Waals surface area contributed by atoms with Crippen molar-refractivity contribution in [2.24, 2.45) is 0 Å². The maximum Gasteiger partial charge on any atom is 0.255 e. The summed E-state index contributed by atoms with van der Waals surface area (Å²) >= 11 is 0. The smallest absolute Gasteiger partial charge is 0.255 e. The predicted octanol–water partition coefficient (Wildman–Crippen LogP) is 2.60. The van der Waals surface area contributed by atoms with Crippen LogP contribution in [0.25, 0.3) is 0 Å². The number of hydrogen-bond acceptors (Lipinski definition) is 4. The van der Waals surface area contributed by atoms with Gasteiger partial charge in [0.15, 0.2) is 0 Å². The van der Waals surface area contributed by atoms with E-state index in [0.29, 0.717) is 17.0 Å². The zero-order valence-corrected chi connectivity index (χ0v) is 13.8. The molecule has 0 aliphatic carbocycles. The molecule has 0 atom stereocenters. The first-order valence-corrected chi connectivity index (χ1v) is 7.94. The van der Waals surface area contributed by atoms with Gasteiger partial charge in [0.05, 0.1) is 13.7 Å². The lowest BCUT2D eigenvalue weighted by molar-refractivity contribution is -0.139. The lowest BCUT2D eigenvalue weighted by atomic mass is 10.1. The molecular formula is C19H18N2O4. The van der Waals surface area contributed by atoms with Crippen molar-refractivity contribution in [3.8, 4) is 5.75 Å². The third-order valence-corrected chi connectivity index (χ3v) is 4.04. The summed E-state index contributed by atoms with van der Waals surface area (Å²) in [6.07, 6.45) is 0.570. The molecule has 1 heterocycles. The molecule has 6 nitrogen and oxygen atoms in total. The Morgan fingerprint density at radius 3 is 2.40 bits per heavy atom. The van der Waals surface area contributed by atoms with Gasteiger partial charge in [0.1, 0.15) is 5.75 Å². The average molecular weight is 338 g/mol. The van der Waals surface area contributed by atoms with Crippen LogP contribution in [0.2, 0.25) is 0 Å². The highest BCUT2D eigenvalue weighted by atomic mass is 16.5. The molecule has 0 spiro atoms. The molecule has 6 heteroatoms. The van der Waals surface area contributed by atoms with Crippen molar-refractivity contribution in [3.63, 3.8) is 0 Å². The predicted molar refractivity (Wildman–Crippen MR) is 92.2 cm³/mol. The minimum Gasteiger partial charge on any atom is -0.497 e. The lowest BCUT2D eigenvalue weighted by Gasteiger charge is -2.14. The van der Waals surface area contributed by atoms with Crippen LogP contribution >= 0.6 is 0 Å². The zero-order valence-electron chi connectivity index (χ0n) is 13.8. The molecule has 3 rings (SSSR count). The number of imide groups is 1. The Morgan fingerprint density at radius 2 is 1.76 bits per heavy atom. The van der Waals surface area contributed by atoms with Crippen molar-refractivity contribution >= 4 is 23.4 Å². The number of likely N-dealkylation sites (tertiary alicyclic amines) is 1. The summed E-state index contributed by atoms with van der Waals surface area (Å²) in [5.41, 5.74) is 1.97. The highest BCUT2D eigenvalue weighted by molar-refractivity contribution is 6.04. The van der Waals surface area contributed by atoms with Crippen LogP contribution in [0.5, 0.6) is 5.75 Å². The number of carbonyl (C=O) groups is 3. The van der Waals surface area contributed by atoms with Gasteiger partial charge in [-0.3, -0.25) is 19.3 Å². The number of hydrogen-bond donors (Lipinski definition) is 1. The van der Waals surface area contributed by atoms with Crippen LogP contribution in [0, 0.1) is 0 Å². The van der Waals surface area contributed by atoms with Gasteiger partial charge >= 0.3 is 0 Å². The van der Waals surface area contributed by atoms with Crippen molar-refractivity contribution < 1.29 is 19.1 Å². The number of methoxy groups -OCH3 is 1. The second-order valence-electron chi connectivity index (χ2n) is 5.76. The highest BCUT2D eigenvalue weighted by Crippen LogP contribution is 2.18. The number of anilines is 1. The molecule has 1 aliphatic rings. The van der Waals surface area contributed by atoms with E-state index in [9.17, 15) is 14.4 Å². The number of nitrogens with one attached hydrogen (secondary N) is 1. The van der Waals surface area contributed by atoms with Gasteiger partial charge in [0.2, 0.25) is 11.8 Å². The van der Waals surface area contributed by atoms with Gasteiger partial charge in [-0.05, 0) is 35.9 Å². The lowest BCUT2D eigenvalue weighted by Crippen LogP contribution is -2.28. The summed E-state index contributed by atoms with van der Waals surface area (Å²) in [6.45, 7) is 0.266. The summed E-state index contributed by atoms with van der Waals surface area (Å²) in [7, 11) is 1.55. The van der Waals surface area contributed by atoms with Crippen LogP contribution < -0.4 is 10.1 Å². The first-order valence-electron chi connectivity index (χ1n) is 7.94. The summed E-state index contributed by atoms with van der Waals surface area (Å²) in [5.74, 6) is 0.0975. The highest BCUT2D eigenvalue weighted by Gasteiger charge is 2.28. The van der Waals surface area contributed by atoms with Gasteiger partial charge in [-0.25, -0.2) is 0 Å². The summed E-state index contributed by atoms with van der Waals surface area (Å²) < 4.78 is 5.11. The van der Waals surface area contributed by atoms with E-state index < -0.39 is 0 Å². The van der Waals surface area contributed by atoms with Crippen molar-refractivity contribution in [1.29, 1.82) is 0 Å². The summed E-state index contributed by atoms with van der Waals surface area (Å²) in [6, 6.07) is 14.0. The average Bonchev–Trinajstić information content (AvgIpc) is 2.95. The van der Waals surface area contributed by atoms with Crippen LogP contribution in [0.4, 0.5) is 5.69 Å². The fraction of sp³-hybridized carbons (Fsp3) is 0.211. The third-order valence-electron chi connectivity index (χ3n) is 4.04. The maximum atomic E-state index is 12.3. The van der Waals surface area contributed by atoms with E-state index in [1.165, 1.54) is 4.90 Å². The molecule has 25 heavy (non-hydrogen) atoms. The minimum absolute atomic E-state index is 0.139. The molecule has 0 aromatic heterocycles. The van der Waals surface area contributed by atoms with E-state index in [-0.39, 0.29) is 37.1 Å². The summed E-state index contributed by atoms with van der Waals surface area (Å²) in [4.78, 5) is 36.8.